The van der Waals surface area contributed by atoms with Crippen molar-refractivity contribution in [3.05, 3.63) is 12.3 Å². The Balaban J connectivity index is 1.27. The van der Waals surface area contributed by atoms with E-state index < -0.39 is 0 Å². The van der Waals surface area contributed by atoms with Crippen LogP contribution in [0.25, 0.3) is 0 Å². The van der Waals surface area contributed by atoms with Crippen molar-refractivity contribution in [3.8, 4) is 5.88 Å². The summed E-state index contributed by atoms with van der Waals surface area (Å²) < 4.78 is 7.19. The first-order chi connectivity index (χ1) is 10.4. The lowest BCUT2D eigenvalue weighted by molar-refractivity contribution is 0.0837. The molecule has 0 atom stereocenters. The number of hydrogen-bond acceptors (Lipinski definition) is 3. The minimum absolute atomic E-state index is 0.0206. The summed E-state index contributed by atoms with van der Waals surface area (Å²) in [6, 6.07) is 1.80. The van der Waals surface area contributed by atoms with Crippen LogP contribution in [0.15, 0.2) is 12.3 Å². The highest BCUT2D eigenvalue weighted by Crippen LogP contribution is 2.93. The molecule has 3 fully saturated rings. The zero-order valence-corrected chi connectivity index (χ0v) is 13.9. The van der Waals surface area contributed by atoms with E-state index in [2.05, 4.69) is 25.9 Å². The Kier molecular flexibility index (Phi) is 2.83. The van der Waals surface area contributed by atoms with Gasteiger partial charge in [0.2, 0.25) is 11.8 Å². The molecule has 0 amide bonds. The summed E-state index contributed by atoms with van der Waals surface area (Å²) in [5.74, 6) is 1.51. The van der Waals surface area contributed by atoms with Crippen LogP contribution in [0.5, 0.6) is 5.88 Å². The SMILES string of the molecule is CC(C)(C)CC(=O)n1ccc(OCCC2C3(CC3)C23CC3)n1. The molecule has 0 N–H and O–H groups in total. The first-order valence-corrected chi connectivity index (χ1v) is 8.58. The summed E-state index contributed by atoms with van der Waals surface area (Å²) in [6.07, 6.45) is 9.16. The van der Waals surface area contributed by atoms with Crippen molar-refractivity contribution >= 4 is 5.91 Å². The number of nitrogens with zero attached hydrogens (tertiary/aromatic N) is 2. The average molecular weight is 302 g/mol. The molecule has 1 heterocycles. The van der Waals surface area contributed by atoms with E-state index in [9.17, 15) is 4.79 Å². The minimum Gasteiger partial charge on any atom is -0.477 e. The monoisotopic (exact) mass is 302 g/mol. The number of aromatic nitrogens is 2. The Labute approximate surface area is 132 Å². The van der Waals surface area contributed by atoms with Crippen molar-refractivity contribution in [3.63, 3.8) is 0 Å². The van der Waals surface area contributed by atoms with Gasteiger partial charge in [0.25, 0.3) is 0 Å². The highest BCUT2D eigenvalue weighted by atomic mass is 16.5. The van der Waals surface area contributed by atoms with E-state index >= 15 is 0 Å². The Hall–Kier alpha value is -1.32. The second kappa shape index (κ2) is 4.36. The van der Waals surface area contributed by atoms with Gasteiger partial charge in [-0.1, -0.05) is 20.8 Å². The van der Waals surface area contributed by atoms with Crippen LogP contribution in [0, 0.1) is 22.2 Å². The predicted octanol–water partition coefficient (Wildman–Crippen LogP) is 3.92. The molecule has 0 bridgehead atoms. The largest absolute Gasteiger partial charge is 0.477 e. The Bertz CT molecular complexity index is 585. The van der Waals surface area contributed by atoms with Gasteiger partial charge in [-0.2, -0.15) is 0 Å². The fraction of sp³-hybridized carbons (Fsp3) is 0.778. The highest BCUT2D eigenvalue weighted by molar-refractivity contribution is 5.78. The van der Waals surface area contributed by atoms with Crippen LogP contribution in [0.4, 0.5) is 0 Å². The van der Waals surface area contributed by atoms with Gasteiger partial charge >= 0.3 is 0 Å². The standard InChI is InChI=1S/C18H26N2O2/c1-16(2,3)12-15(21)20-10-4-14(19-20)22-11-5-13-17(6-7-17)18(13)8-9-18/h4,10,13H,5-9,11-12H2,1-3H3. The number of ether oxygens (including phenoxy) is 1. The zero-order chi connectivity index (χ0) is 15.6. The zero-order valence-electron chi connectivity index (χ0n) is 13.9. The molecule has 2 spiro atoms. The Morgan fingerprint density at radius 3 is 2.50 bits per heavy atom. The molecule has 3 saturated carbocycles. The molecule has 4 heteroatoms. The van der Waals surface area contributed by atoms with Crippen molar-refractivity contribution in [1.29, 1.82) is 0 Å². The van der Waals surface area contributed by atoms with Crippen LogP contribution in [-0.2, 0) is 0 Å². The number of carbonyl (C=O) groups excluding carboxylic acids is 1. The molecule has 1 aromatic heterocycles. The number of rotatable bonds is 5. The fourth-order valence-electron chi connectivity index (χ4n) is 4.69. The van der Waals surface area contributed by atoms with Gasteiger partial charge in [0, 0.05) is 18.7 Å². The second-order valence-corrected chi connectivity index (χ2v) is 8.73. The molecule has 0 radical (unpaired) electrons. The van der Waals surface area contributed by atoms with Crippen molar-refractivity contribution in [2.24, 2.45) is 22.2 Å². The van der Waals surface area contributed by atoms with Crippen molar-refractivity contribution in [1.82, 2.24) is 9.78 Å². The van der Waals surface area contributed by atoms with Crippen molar-refractivity contribution in [2.75, 3.05) is 6.61 Å². The summed E-state index contributed by atoms with van der Waals surface area (Å²) in [6.45, 7) is 6.91. The predicted molar refractivity (Wildman–Crippen MR) is 83.9 cm³/mol. The quantitative estimate of drug-likeness (QED) is 0.828. The smallest absolute Gasteiger partial charge is 0.247 e. The molecular formula is C18H26N2O2. The molecule has 120 valence electrons. The van der Waals surface area contributed by atoms with Gasteiger partial charge in [0.05, 0.1) is 6.61 Å². The lowest BCUT2D eigenvalue weighted by atomic mass is 9.92. The summed E-state index contributed by atoms with van der Waals surface area (Å²) in [5.41, 5.74) is 1.48. The van der Waals surface area contributed by atoms with Gasteiger partial charge in [0.15, 0.2) is 0 Å². The Morgan fingerprint density at radius 1 is 1.32 bits per heavy atom. The maximum atomic E-state index is 12.1. The van der Waals surface area contributed by atoms with Gasteiger partial charge in [-0.05, 0) is 54.3 Å². The summed E-state index contributed by atoms with van der Waals surface area (Å²) in [7, 11) is 0. The van der Waals surface area contributed by atoms with E-state index in [0.717, 1.165) is 29.8 Å². The Morgan fingerprint density at radius 2 is 1.95 bits per heavy atom. The lowest BCUT2D eigenvalue weighted by Gasteiger charge is -2.16. The van der Waals surface area contributed by atoms with E-state index in [1.54, 1.807) is 12.3 Å². The van der Waals surface area contributed by atoms with Crippen LogP contribution in [-0.4, -0.2) is 22.3 Å². The topological polar surface area (TPSA) is 44.1 Å². The van der Waals surface area contributed by atoms with Crippen LogP contribution in [0.2, 0.25) is 0 Å². The summed E-state index contributed by atoms with van der Waals surface area (Å²) in [4.78, 5) is 12.1. The van der Waals surface area contributed by atoms with Crippen molar-refractivity contribution < 1.29 is 9.53 Å². The molecule has 1 aromatic rings. The first-order valence-electron chi connectivity index (χ1n) is 8.58. The number of carbonyl (C=O) groups is 1. The van der Waals surface area contributed by atoms with Gasteiger partial charge in [0.1, 0.15) is 0 Å². The maximum Gasteiger partial charge on any atom is 0.247 e. The van der Waals surface area contributed by atoms with Crippen LogP contribution >= 0.6 is 0 Å². The van der Waals surface area contributed by atoms with Crippen molar-refractivity contribution in [2.45, 2.75) is 59.3 Å². The fourth-order valence-corrected chi connectivity index (χ4v) is 4.69. The summed E-state index contributed by atoms with van der Waals surface area (Å²) >= 11 is 0. The van der Waals surface area contributed by atoms with Crippen LogP contribution in [0.3, 0.4) is 0 Å². The van der Waals surface area contributed by atoms with E-state index in [1.165, 1.54) is 30.4 Å². The molecule has 4 rings (SSSR count). The number of hydrogen-bond donors (Lipinski definition) is 0. The molecule has 0 aromatic carbocycles. The molecule has 0 unspecified atom stereocenters. The third kappa shape index (κ3) is 2.19. The minimum atomic E-state index is -0.0206. The molecule has 22 heavy (non-hydrogen) atoms. The van der Waals surface area contributed by atoms with Gasteiger partial charge in [-0.3, -0.25) is 4.79 Å². The van der Waals surface area contributed by atoms with E-state index in [4.69, 9.17) is 4.74 Å². The van der Waals surface area contributed by atoms with Gasteiger partial charge < -0.3 is 4.74 Å². The molecule has 3 aliphatic rings. The first kappa shape index (κ1) is 14.3. The molecule has 0 saturated heterocycles. The van der Waals surface area contributed by atoms with Gasteiger partial charge in [-0.15, -0.1) is 5.10 Å². The van der Waals surface area contributed by atoms with E-state index in [-0.39, 0.29) is 11.3 Å². The third-order valence-electron chi connectivity index (χ3n) is 5.98. The number of fused-ring (bicyclic) bond motifs is 1. The third-order valence-corrected chi connectivity index (χ3v) is 5.98. The van der Waals surface area contributed by atoms with Crippen LogP contribution < -0.4 is 4.74 Å². The van der Waals surface area contributed by atoms with E-state index in [1.807, 2.05) is 0 Å². The van der Waals surface area contributed by atoms with Crippen LogP contribution in [0.1, 0.15) is 64.1 Å². The van der Waals surface area contributed by atoms with E-state index in [0.29, 0.717) is 12.3 Å². The second-order valence-electron chi connectivity index (χ2n) is 8.73. The molecule has 4 nitrogen and oxygen atoms in total. The molecule has 0 aliphatic heterocycles. The molecular weight excluding hydrogens is 276 g/mol. The lowest BCUT2D eigenvalue weighted by Crippen LogP contribution is -2.19. The maximum absolute atomic E-state index is 12.1. The highest BCUT2D eigenvalue weighted by Gasteiger charge is 2.85. The van der Waals surface area contributed by atoms with Gasteiger partial charge in [-0.25, -0.2) is 4.68 Å². The summed E-state index contributed by atoms with van der Waals surface area (Å²) in [5, 5.41) is 4.26. The normalized spacial score (nSPS) is 23.8. The average Bonchev–Trinajstić information content (AvgIpc) is 3.35. The molecule has 3 aliphatic carbocycles.